The van der Waals surface area contributed by atoms with E-state index >= 15 is 0 Å². The number of nitrogen functional groups attached to an aromatic ring is 1. The highest BCUT2D eigenvalue weighted by Crippen LogP contribution is 2.25. The molecule has 1 heterocycles. The summed E-state index contributed by atoms with van der Waals surface area (Å²) in [5.74, 6) is 4.95. The lowest BCUT2D eigenvalue weighted by Gasteiger charge is -2.09. The number of hydrogen-bond donors (Lipinski definition) is 3. The second-order valence-electron chi connectivity index (χ2n) is 5.17. The van der Waals surface area contributed by atoms with Gasteiger partial charge in [0.05, 0.1) is 23.3 Å². The van der Waals surface area contributed by atoms with Gasteiger partial charge in [-0.1, -0.05) is 18.1 Å². The topological polar surface area (TPSA) is 93.2 Å². The van der Waals surface area contributed by atoms with E-state index < -0.39 is 0 Å². The molecule has 24 heavy (non-hydrogen) atoms. The molecule has 1 amide bonds. The Morgan fingerprint density at radius 1 is 1.33 bits per heavy atom. The van der Waals surface area contributed by atoms with Gasteiger partial charge in [0.2, 0.25) is 5.95 Å². The number of imidazole rings is 1. The van der Waals surface area contributed by atoms with Crippen molar-refractivity contribution in [1.29, 1.82) is 0 Å². The van der Waals surface area contributed by atoms with Crippen LogP contribution in [0.5, 0.6) is 0 Å². The number of aliphatic hydroxyl groups is 1. The maximum Gasteiger partial charge on any atom is 0.300 e. The van der Waals surface area contributed by atoms with Gasteiger partial charge < -0.3 is 16.2 Å². The molecule has 4 N–H and O–H groups in total. The lowest BCUT2D eigenvalue weighted by Crippen LogP contribution is -2.09. The first-order chi connectivity index (χ1) is 11.6. The highest BCUT2D eigenvalue weighted by molar-refractivity contribution is 6.04. The van der Waals surface area contributed by atoms with Crippen molar-refractivity contribution in [2.75, 3.05) is 11.1 Å². The van der Waals surface area contributed by atoms with Gasteiger partial charge in [-0.25, -0.2) is 4.98 Å². The van der Waals surface area contributed by atoms with Crippen LogP contribution in [0.15, 0.2) is 42.5 Å². The lowest BCUT2D eigenvalue weighted by molar-refractivity contribution is -0.111. The summed E-state index contributed by atoms with van der Waals surface area (Å²) in [6.45, 7) is 1.55. The van der Waals surface area contributed by atoms with Crippen LogP contribution in [0.3, 0.4) is 0 Å². The number of hydrogen-bond acceptors (Lipinski definition) is 4. The summed E-state index contributed by atoms with van der Waals surface area (Å²) in [6.07, 6.45) is 0. The second kappa shape index (κ2) is 6.44. The zero-order valence-corrected chi connectivity index (χ0v) is 13.1. The fourth-order valence-electron chi connectivity index (χ4n) is 2.51. The minimum absolute atomic E-state index is 0.0529. The second-order valence-corrected chi connectivity index (χ2v) is 5.17. The van der Waals surface area contributed by atoms with E-state index in [-0.39, 0.29) is 12.5 Å². The molecule has 0 radical (unpaired) electrons. The van der Waals surface area contributed by atoms with Crippen LogP contribution in [0.4, 0.5) is 11.6 Å². The van der Waals surface area contributed by atoms with Gasteiger partial charge >= 0.3 is 0 Å². The number of aliphatic hydroxyl groups excluding tert-OH is 1. The molecule has 120 valence electrons. The Bertz CT molecular complexity index is 980. The first kappa shape index (κ1) is 15.6. The smallest absolute Gasteiger partial charge is 0.300 e. The van der Waals surface area contributed by atoms with Crippen molar-refractivity contribution in [3.8, 4) is 17.5 Å². The van der Waals surface area contributed by atoms with Crippen molar-refractivity contribution in [3.63, 3.8) is 0 Å². The highest BCUT2D eigenvalue weighted by Gasteiger charge is 2.11. The summed E-state index contributed by atoms with van der Waals surface area (Å²) >= 11 is 0. The molecule has 0 saturated carbocycles. The lowest BCUT2D eigenvalue weighted by atomic mass is 10.2. The number of rotatable bonds is 3. The molecule has 3 aromatic rings. The Kier molecular flexibility index (Phi) is 4.18. The molecule has 6 heteroatoms. The third-order valence-electron chi connectivity index (χ3n) is 3.53. The molecule has 0 saturated heterocycles. The SMILES string of the molecule is CC#CC(=O)Nc1cccc(-n2c(N)nc3cc(CO)ccc32)c1. The predicted molar refractivity (Wildman–Crippen MR) is 93.5 cm³/mol. The maximum absolute atomic E-state index is 11.6. The summed E-state index contributed by atoms with van der Waals surface area (Å²) in [6, 6.07) is 12.7. The van der Waals surface area contributed by atoms with Crippen molar-refractivity contribution >= 4 is 28.6 Å². The van der Waals surface area contributed by atoms with E-state index in [1.807, 2.05) is 24.3 Å². The van der Waals surface area contributed by atoms with Gasteiger partial charge in [-0.2, -0.15) is 0 Å². The van der Waals surface area contributed by atoms with E-state index in [1.165, 1.54) is 0 Å². The minimum Gasteiger partial charge on any atom is -0.392 e. The Balaban J connectivity index is 2.05. The average molecular weight is 320 g/mol. The summed E-state index contributed by atoms with van der Waals surface area (Å²) in [4.78, 5) is 15.9. The molecule has 0 spiro atoms. The zero-order valence-electron chi connectivity index (χ0n) is 13.1. The number of nitrogens with two attached hydrogens (primary N) is 1. The zero-order chi connectivity index (χ0) is 17.1. The largest absolute Gasteiger partial charge is 0.392 e. The van der Waals surface area contributed by atoms with E-state index in [0.29, 0.717) is 17.2 Å². The Morgan fingerprint density at radius 3 is 2.92 bits per heavy atom. The molecule has 2 aromatic carbocycles. The van der Waals surface area contributed by atoms with Gasteiger partial charge in [0.25, 0.3) is 5.91 Å². The number of aromatic nitrogens is 2. The molecule has 0 fully saturated rings. The van der Waals surface area contributed by atoms with Crippen molar-refractivity contribution in [3.05, 3.63) is 48.0 Å². The number of fused-ring (bicyclic) bond motifs is 1. The fourth-order valence-corrected chi connectivity index (χ4v) is 2.51. The van der Waals surface area contributed by atoms with Gasteiger partial charge in [-0.15, -0.1) is 0 Å². The van der Waals surface area contributed by atoms with E-state index in [2.05, 4.69) is 22.1 Å². The molecule has 6 nitrogen and oxygen atoms in total. The van der Waals surface area contributed by atoms with Gasteiger partial charge in [-0.3, -0.25) is 9.36 Å². The Hall–Kier alpha value is -3.30. The standard InChI is InChI=1S/C18H16N4O2/c1-2-4-17(24)20-13-5-3-6-14(10-13)22-16-8-7-12(11-23)9-15(16)21-18(22)19/h3,5-10,23H,11H2,1H3,(H2,19,21)(H,20,24). The van der Waals surface area contributed by atoms with E-state index in [4.69, 9.17) is 5.73 Å². The van der Waals surface area contributed by atoms with Crippen LogP contribution in [-0.4, -0.2) is 20.6 Å². The minimum atomic E-state index is -0.370. The molecule has 0 aliphatic rings. The van der Waals surface area contributed by atoms with Gasteiger partial charge in [0.15, 0.2) is 0 Å². The van der Waals surface area contributed by atoms with Crippen LogP contribution in [0.2, 0.25) is 0 Å². The first-order valence-corrected chi connectivity index (χ1v) is 7.34. The number of nitrogens with one attached hydrogen (secondary N) is 1. The normalized spacial score (nSPS) is 10.2. The third kappa shape index (κ3) is 2.93. The number of carbonyl (C=O) groups is 1. The van der Waals surface area contributed by atoms with Crippen LogP contribution in [-0.2, 0) is 11.4 Å². The molecular weight excluding hydrogens is 304 g/mol. The van der Waals surface area contributed by atoms with Crippen molar-refractivity contribution in [2.24, 2.45) is 0 Å². The first-order valence-electron chi connectivity index (χ1n) is 7.34. The van der Waals surface area contributed by atoms with Crippen molar-refractivity contribution in [2.45, 2.75) is 13.5 Å². The van der Waals surface area contributed by atoms with Crippen molar-refractivity contribution < 1.29 is 9.90 Å². The van der Waals surface area contributed by atoms with Gasteiger partial charge in [0, 0.05) is 5.69 Å². The monoisotopic (exact) mass is 320 g/mol. The molecule has 0 aliphatic heterocycles. The van der Waals surface area contributed by atoms with Crippen molar-refractivity contribution in [1.82, 2.24) is 9.55 Å². The van der Waals surface area contributed by atoms with Gasteiger partial charge in [0.1, 0.15) is 0 Å². The Labute approximate surface area is 138 Å². The average Bonchev–Trinajstić information content (AvgIpc) is 2.90. The molecule has 0 aliphatic carbocycles. The molecular formula is C18H16N4O2. The number of benzene rings is 2. The molecule has 1 aromatic heterocycles. The molecule has 0 atom stereocenters. The van der Waals surface area contributed by atoms with Crippen LogP contribution in [0.1, 0.15) is 12.5 Å². The van der Waals surface area contributed by atoms with Crippen LogP contribution >= 0.6 is 0 Å². The van der Waals surface area contributed by atoms with E-state index in [1.54, 1.807) is 29.7 Å². The highest BCUT2D eigenvalue weighted by atomic mass is 16.3. The number of anilines is 2. The van der Waals surface area contributed by atoms with E-state index in [0.717, 1.165) is 16.8 Å². The fraction of sp³-hybridized carbons (Fsp3) is 0.111. The van der Waals surface area contributed by atoms with E-state index in [9.17, 15) is 9.90 Å². The molecule has 0 bridgehead atoms. The summed E-state index contributed by atoms with van der Waals surface area (Å²) in [7, 11) is 0. The van der Waals surface area contributed by atoms with Crippen LogP contribution in [0.25, 0.3) is 16.7 Å². The van der Waals surface area contributed by atoms with Crippen LogP contribution in [0, 0.1) is 11.8 Å². The number of carbonyl (C=O) groups excluding carboxylic acids is 1. The predicted octanol–water partition coefficient (Wildman–Crippen LogP) is 2.06. The van der Waals surface area contributed by atoms with Gasteiger partial charge in [-0.05, 0) is 48.7 Å². The third-order valence-corrected chi connectivity index (χ3v) is 3.53. The van der Waals surface area contributed by atoms with Crippen LogP contribution < -0.4 is 11.1 Å². The molecule has 3 rings (SSSR count). The number of amides is 1. The Morgan fingerprint density at radius 2 is 2.17 bits per heavy atom. The summed E-state index contributed by atoms with van der Waals surface area (Å²) in [5, 5.41) is 11.9. The summed E-state index contributed by atoms with van der Waals surface area (Å²) < 4.78 is 1.79. The molecule has 0 unspecified atom stereocenters. The maximum atomic E-state index is 11.6. The number of nitrogens with zero attached hydrogens (tertiary/aromatic N) is 2. The summed E-state index contributed by atoms with van der Waals surface area (Å²) in [5.41, 5.74) is 9.74. The quantitative estimate of drug-likeness (QED) is 0.644.